The fraction of sp³-hybridized carbons (Fsp3) is 0.167. The van der Waals surface area contributed by atoms with Gasteiger partial charge in [-0.05, 0) is 13.0 Å². The zero-order chi connectivity index (χ0) is 11.0. The molecule has 7 N–H and O–H groups in total. The molecule has 0 atom stereocenters. The molecule has 0 unspecified atom stereocenters. The molecule has 0 fully saturated rings. The van der Waals surface area contributed by atoms with Gasteiger partial charge in [-0.2, -0.15) is 5.10 Å². The highest BCUT2D eigenvalue weighted by molar-refractivity contribution is 5.76. The number of amides is 4. The number of nitrogens with two attached hydrogens (primary N) is 2. The molecular formula is C6H12N6O2. The van der Waals surface area contributed by atoms with Crippen molar-refractivity contribution in [2.24, 2.45) is 16.6 Å². The van der Waals surface area contributed by atoms with Crippen LogP contribution in [-0.4, -0.2) is 18.3 Å². The van der Waals surface area contributed by atoms with Crippen molar-refractivity contribution < 1.29 is 9.59 Å². The van der Waals surface area contributed by atoms with E-state index in [2.05, 4.69) is 16.0 Å². The lowest BCUT2D eigenvalue weighted by atomic mass is 10.5. The molecule has 0 spiro atoms. The van der Waals surface area contributed by atoms with Crippen molar-refractivity contribution in [3.8, 4) is 0 Å². The quantitative estimate of drug-likeness (QED) is 0.285. The minimum absolute atomic E-state index is 0.582. The Bertz CT molecular complexity index is 271. The molecule has 8 nitrogen and oxygen atoms in total. The summed E-state index contributed by atoms with van der Waals surface area (Å²) >= 11 is 0. The van der Waals surface area contributed by atoms with Gasteiger partial charge >= 0.3 is 12.1 Å². The van der Waals surface area contributed by atoms with Gasteiger partial charge in [0, 0.05) is 11.9 Å². The second-order valence-corrected chi connectivity index (χ2v) is 2.22. The highest BCUT2D eigenvalue weighted by Gasteiger charge is 1.88. The SMILES string of the molecule is CC(=CC=NNC(N)=O)NNC(N)=O. The average Bonchev–Trinajstić information content (AvgIpc) is 2.08. The van der Waals surface area contributed by atoms with E-state index in [1.54, 1.807) is 6.92 Å². The van der Waals surface area contributed by atoms with Gasteiger partial charge in [-0.15, -0.1) is 0 Å². The summed E-state index contributed by atoms with van der Waals surface area (Å²) in [7, 11) is 0. The van der Waals surface area contributed by atoms with E-state index in [-0.39, 0.29) is 0 Å². The van der Waals surface area contributed by atoms with Crippen molar-refractivity contribution in [2.45, 2.75) is 6.92 Å². The van der Waals surface area contributed by atoms with Gasteiger partial charge in [0.2, 0.25) is 0 Å². The Morgan fingerprint density at radius 1 is 1.21 bits per heavy atom. The number of nitrogens with one attached hydrogen (secondary N) is 3. The maximum Gasteiger partial charge on any atom is 0.332 e. The second-order valence-electron chi connectivity index (χ2n) is 2.22. The molecule has 4 amide bonds. The third-order valence-corrected chi connectivity index (χ3v) is 0.957. The molecule has 0 aromatic carbocycles. The van der Waals surface area contributed by atoms with Crippen molar-refractivity contribution in [3.63, 3.8) is 0 Å². The zero-order valence-electron chi connectivity index (χ0n) is 7.57. The number of carbonyl (C=O) groups excluding carboxylic acids is 2. The summed E-state index contributed by atoms with van der Waals surface area (Å²) < 4.78 is 0. The fourth-order valence-electron chi connectivity index (χ4n) is 0.452. The summed E-state index contributed by atoms with van der Waals surface area (Å²) in [5, 5.41) is 3.43. The minimum Gasteiger partial charge on any atom is -0.350 e. The molecule has 0 saturated carbocycles. The molecule has 0 bridgehead atoms. The second kappa shape index (κ2) is 6.29. The monoisotopic (exact) mass is 200 g/mol. The van der Waals surface area contributed by atoms with Crippen molar-refractivity contribution in [2.75, 3.05) is 0 Å². The molecule has 0 heterocycles. The van der Waals surface area contributed by atoms with Crippen LogP contribution in [0.3, 0.4) is 0 Å². The Morgan fingerprint density at radius 3 is 2.36 bits per heavy atom. The highest BCUT2D eigenvalue weighted by Crippen LogP contribution is 1.79. The summed E-state index contributed by atoms with van der Waals surface area (Å²) in [6.45, 7) is 1.66. The van der Waals surface area contributed by atoms with Gasteiger partial charge < -0.3 is 16.9 Å². The van der Waals surface area contributed by atoms with Gasteiger partial charge in [0.1, 0.15) is 0 Å². The first-order chi connectivity index (χ1) is 6.52. The topological polar surface area (TPSA) is 135 Å². The van der Waals surface area contributed by atoms with Gasteiger partial charge in [0.25, 0.3) is 0 Å². The standard InChI is InChI=1S/C6H12N6O2/c1-4(10-12-6(8)14)2-3-9-11-5(7)13/h2-3,10H,1H3,(H3,7,11,13)(H3,8,12,14). The van der Waals surface area contributed by atoms with Gasteiger partial charge in [-0.1, -0.05) is 0 Å². The Kier molecular flexibility index (Phi) is 5.28. The molecule has 14 heavy (non-hydrogen) atoms. The van der Waals surface area contributed by atoms with Crippen LogP contribution in [-0.2, 0) is 0 Å². The number of allylic oxidation sites excluding steroid dienone is 2. The smallest absolute Gasteiger partial charge is 0.332 e. The molecule has 0 aliphatic heterocycles. The maximum absolute atomic E-state index is 10.2. The number of hydrazine groups is 1. The summed E-state index contributed by atoms with van der Waals surface area (Å²) in [6.07, 6.45) is 2.78. The number of rotatable bonds is 4. The Morgan fingerprint density at radius 2 is 1.86 bits per heavy atom. The third-order valence-electron chi connectivity index (χ3n) is 0.957. The Labute approximate surface area is 80.4 Å². The number of nitrogens with zero attached hydrogens (tertiary/aromatic N) is 1. The van der Waals surface area contributed by atoms with E-state index in [4.69, 9.17) is 11.5 Å². The number of urea groups is 2. The first kappa shape index (κ1) is 11.8. The summed E-state index contributed by atoms with van der Waals surface area (Å²) in [6, 6.07) is -1.46. The summed E-state index contributed by atoms with van der Waals surface area (Å²) in [4.78, 5) is 20.4. The number of hydrazone groups is 1. The minimum atomic E-state index is -0.754. The van der Waals surface area contributed by atoms with Crippen molar-refractivity contribution in [3.05, 3.63) is 11.8 Å². The molecule has 78 valence electrons. The first-order valence-electron chi connectivity index (χ1n) is 3.59. The van der Waals surface area contributed by atoms with Crippen LogP contribution in [0.15, 0.2) is 16.9 Å². The van der Waals surface area contributed by atoms with Gasteiger partial charge in [-0.25, -0.2) is 15.0 Å². The van der Waals surface area contributed by atoms with Crippen LogP contribution in [0.1, 0.15) is 6.92 Å². The first-order valence-corrected chi connectivity index (χ1v) is 3.59. The molecule has 0 aromatic rings. The lowest BCUT2D eigenvalue weighted by Gasteiger charge is -2.03. The van der Waals surface area contributed by atoms with E-state index in [0.29, 0.717) is 5.70 Å². The average molecular weight is 200 g/mol. The zero-order valence-corrected chi connectivity index (χ0v) is 7.57. The number of hydrogen-bond acceptors (Lipinski definition) is 4. The number of primary amides is 2. The van der Waals surface area contributed by atoms with Crippen LogP contribution in [0.2, 0.25) is 0 Å². The lowest BCUT2D eigenvalue weighted by Crippen LogP contribution is -2.39. The van der Waals surface area contributed by atoms with Crippen molar-refractivity contribution >= 4 is 18.3 Å². The van der Waals surface area contributed by atoms with E-state index in [9.17, 15) is 9.59 Å². The fourth-order valence-corrected chi connectivity index (χ4v) is 0.452. The normalized spacial score (nSPS) is 11.1. The highest BCUT2D eigenvalue weighted by atomic mass is 16.2. The van der Waals surface area contributed by atoms with E-state index in [0.717, 1.165) is 0 Å². The van der Waals surface area contributed by atoms with E-state index in [1.165, 1.54) is 12.3 Å². The van der Waals surface area contributed by atoms with Crippen LogP contribution in [0.5, 0.6) is 0 Å². The van der Waals surface area contributed by atoms with Crippen molar-refractivity contribution in [1.29, 1.82) is 0 Å². The predicted octanol–water partition coefficient (Wildman–Crippen LogP) is -1.28. The molecule has 8 heteroatoms. The van der Waals surface area contributed by atoms with Crippen LogP contribution in [0, 0.1) is 0 Å². The van der Waals surface area contributed by atoms with Gasteiger partial charge in [0.05, 0.1) is 0 Å². The molecule has 0 radical (unpaired) electrons. The third kappa shape index (κ3) is 7.85. The molecule has 0 aliphatic rings. The van der Waals surface area contributed by atoms with Crippen LogP contribution in [0.4, 0.5) is 9.59 Å². The largest absolute Gasteiger partial charge is 0.350 e. The number of carbonyl (C=O) groups is 2. The summed E-state index contributed by atoms with van der Waals surface area (Å²) in [5.74, 6) is 0. The molecule has 0 rings (SSSR count). The Balaban J connectivity index is 3.81. The van der Waals surface area contributed by atoms with Crippen molar-refractivity contribution in [1.82, 2.24) is 16.3 Å². The van der Waals surface area contributed by atoms with Crippen LogP contribution >= 0.6 is 0 Å². The van der Waals surface area contributed by atoms with Crippen LogP contribution in [0.25, 0.3) is 0 Å². The van der Waals surface area contributed by atoms with E-state index in [1.807, 2.05) is 5.43 Å². The summed E-state index contributed by atoms with van der Waals surface area (Å²) in [5.41, 5.74) is 16.7. The van der Waals surface area contributed by atoms with Crippen LogP contribution < -0.4 is 27.7 Å². The predicted molar refractivity (Wildman–Crippen MR) is 50.8 cm³/mol. The lowest BCUT2D eigenvalue weighted by molar-refractivity contribution is 0.246. The number of hydrogen-bond donors (Lipinski definition) is 5. The molecule has 0 aromatic heterocycles. The molecule has 0 saturated heterocycles. The Hall–Kier alpha value is -2.25. The maximum atomic E-state index is 10.2. The van der Waals surface area contributed by atoms with E-state index < -0.39 is 12.1 Å². The molecule has 0 aliphatic carbocycles. The van der Waals surface area contributed by atoms with Gasteiger partial charge in [0.15, 0.2) is 0 Å². The molecular weight excluding hydrogens is 188 g/mol. The van der Waals surface area contributed by atoms with Gasteiger partial charge in [-0.3, -0.25) is 5.43 Å². The van der Waals surface area contributed by atoms with E-state index >= 15 is 0 Å².